The molecule has 4 nitrogen and oxygen atoms in total. The molecule has 0 atom stereocenters. The summed E-state index contributed by atoms with van der Waals surface area (Å²) >= 11 is 0. The van der Waals surface area contributed by atoms with Gasteiger partial charge in [0.2, 0.25) is 0 Å². The summed E-state index contributed by atoms with van der Waals surface area (Å²) in [5.41, 5.74) is 1.02. The van der Waals surface area contributed by atoms with Crippen LogP contribution in [-0.4, -0.2) is 62.5 Å². The first-order valence-electron chi connectivity index (χ1n) is 7.43. The molecule has 0 aliphatic carbocycles. The van der Waals surface area contributed by atoms with Gasteiger partial charge >= 0.3 is 0 Å². The lowest BCUT2D eigenvalue weighted by atomic mass is 10.1. The van der Waals surface area contributed by atoms with Crippen LogP contribution in [0.15, 0.2) is 30.3 Å². The zero-order valence-corrected chi connectivity index (χ0v) is 14.1. The number of hydrogen-bond donors (Lipinski definition) is 0. The molecular formula is C17H25ClN2O2. The number of benzene rings is 1. The van der Waals surface area contributed by atoms with Crippen LogP contribution < -0.4 is 4.74 Å². The van der Waals surface area contributed by atoms with Crippen molar-refractivity contribution >= 4 is 24.3 Å². The van der Waals surface area contributed by atoms with Crippen molar-refractivity contribution in [1.29, 1.82) is 0 Å². The number of methoxy groups -OCH3 is 1. The topological polar surface area (TPSA) is 32.8 Å². The smallest absolute Gasteiger partial charge is 0.156 e. The highest BCUT2D eigenvalue weighted by Crippen LogP contribution is 2.12. The third-order valence-corrected chi connectivity index (χ3v) is 3.85. The lowest BCUT2D eigenvalue weighted by molar-refractivity contribution is -0.114. The van der Waals surface area contributed by atoms with E-state index in [-0.39, 0.29) is 18.2 Å². The Kier molecular flexibility index (Phi) is 8.17. The maximum absolute atomic E-state index is 11.9. The fraction of sp³-hybridized carbons (Fsp3) is 0.471. The Morgan fingerprint density at radius 2 is 1.82 bits per heavy atom. The van der Waals surface area contributed by atoms with Gasteiger partial charge in [-0.15, -0.1) is 12.4 Å². The van der Waals surface area contributed by atoms with Crippen molar-refractivity contribution < 1.29 is 9.53 Å². The van der Waals surface area contributed by atoms with Crippen LogP contribution in [0.5, 0.6) is 5.75 Å². The summed E-state index contributed by atoms with van der Waals surface area (Å²) in [7, 11) is 3.78. The van der Waals surface area contributed by atoms with Gasteiger partial charge in [0.15, 0.2) is 5.78 Å². The number of allylic oxidation sites excluding steroid dienone is 1. The Balaban J connectivity index is 0.00000242. The summed E-state index contributed by atoms with van der Waals surface area (Å²) in [6.45, 7) is 5.17. The van der Waals surface area contributed by atoms with Gasteiger partial charge < -0.3 is 14.5 Å². The standard InChI is InChI=1S/C17H24N2O2.ClH/c1-18-11-13-19(14-12-18)10-9-16(20)6-3-15-4-7-17(21-2)8-5-15;/h3-8H,9-14H2,1-2H3;1H. The maximum Gasteiger partial charge on any atom is 0.156 e. The quantitative estimate of drug-likeness (QED) is 0.752. The van der Waals surface area contributed by atoms with Crippen molar-refractivity contribution in [3.05, 3.63) is 35.9 Å². The van der Waals surface area contributed by atoms with Crippen molar-refractivity contribution in [2.45, 2.75) is 6.42 Å². The number of hydrogen-bond acceptors (Lipinski definition) is 4. The van der Waals surface area contributed by atoms with E-state index >= 15 is 0 Å². The van der Waals surface area contributed by atoms with E-state index in [2.05, 4.69) is 16.8 Å². The molecule has 1 fully saturated rings. The molecule has 0 unspecified atom stereocenters. The van der Waals surface area contributed by atoms with E-state index in [1.807, 2.05) is 30.3 Å². The van der Waals surface area contributed by atoms with Crippen molar-refractivity contribution in [3.8, 4) is 5.75 Å². The fourth-order valence-corrected chi connectivity index (χ4v) is 2.33. The van der Waals surface area contributed by atoms with Gasteiger partial charge in [-0.3, -0.25) is 4.79 Å². The number of nitrogens with zero attached hydrogens (tertiary/aromatic N) is 2. The van der Waals surface area contributed by atoms with E-state index in [4.69, 9.17) is 4.74 Å². The molecule has 0 saturated carbocycles. The molecule has 1 aromatic carbocycles. The van der Waals surface area contributed by atoms with Crippen LogP contribution in [0, 0.1) is 0 Å². The Morgan fingerprint density at radius 3 is 2.41 bits per heavy atom. The zero-order valence-electron chi connectivity index (χ0n) is 13.3. The van der Waals surface area contributed by atoms with Gasteiger partial charge in [0.05, 0.1) is 7.11 Å². The third kappa shape index (κ3) is 6.18. The number of carbonyl (C=O) groups is 1. The van der Waals surface area contributed by atoms with E-state index in [0.29, 0.717) is 6.42 Å². The third-order valence-electron chi connectivity index (χ3n) is 3.85. The van der Waals surface area contributed by atoms with Gasteiger partial charge in [-0.2, -0.15) is 0 Å². The zero-order chi connectivity index (χ0) is 15.1. The number of ether oxygens (including phenoxy) is 1. The van der Waals surface area contributed by atoms with Crippen LogP contribution in [0.3, 0.4) is 0 Å². The monoisotopic (exact) mass is 324 g/mol. The molecule has 1 heterocycles. The minimum Gasteiger partial charge on any atom is -0.497 e. The second-order valence-electron chi connectivity index (χ2n) is 5.47. The molecule has 1 aromatic rings. The van der Waals surface area contributed by atoms with Gasteiger partial charge in [0.1, 0.15) is 5.75 Å². The summed E-state index contributed by atoms with van der Waals surface area (Å²) in [6, 6.07) is 7.69. The Morgan fingerprint density at radius 1 is 1.18 bits per heavy atom. The first-order chi connectivity index (χ1) is 10.2. The van der Waals surface area contributed by atoms with Crippen molar-refractivity contribution in [1.82, 2.24) is 9.80 Å². The van der Waals surface area contributed by atoms with E-state index < -0.39 is 0 Å². The normalized spacial score (nSPS) is 16.5. The fourth-order valence-electron chi connectivity index (χ4n) is 2.33. The number of halogens is 1. The molecule has 5 heteroatoms. The molecule has 0 aromatic heterocycles. The number of piperazine rings is 1. The van der Waals surface area contributed by atoms with E-state index in [1.165, 1.54) is 0 Å². The van der Waals surface area contributed by atoms with E-state index in [9.17, 15) is 4.79 Å². The second-order valence-corrected chi connectivity index (χ2v) is 5.47. The first kappa shape index (κ1) is 18.7. The highest BCUT2D eigenvalue weighted by atomic mass is 35.5. The molecular weight excluding hydrogens is 300 g/mol. The molecule has 0 radical (unpaired) electrons. The largest absolute Gasteiger partial charge is 0.497 e. The Labute approximate surface area is 139 Å². The van der Waals surface area contributed by atoms with Crippen LogP contribution in [0.4, 0.5) is 0 Å². The molecule has 1 saturated heterocycles. The lowest BCUT2D eigenvalue weighted by Crippen LogP contribution is -2.44. The van der Waals surface area contributed by atoms with Crippen molar-refractivity contribution in [3.63, 3.8) is 0 Å². The van der Waals surface area contributed by atoms with Crippen molar-refractivity contribution in [2.75, 3.05) is 46.9 Å². The maximum atomic E-state index is 11.9. The van der Waals surface area contributed by atoms with Crippen LogP contribution in [0.25, 0.3) is 6.08 Å². The molecule has 2 rings (SSSR count). The highest BCUT2D eigenvalue weighted by molar-refractivity contribution is 5.93. The number of ketones is 1. The number of likely N-dealkylation sites (N-methyl/N-ethyl adjacent to an activating group) is 1. The Hall–Kier alpha value is -1.36. The molecule has 0 bridgehead atoms. The summed E-state index contributed by atoms with van der Waals surface area (Å²) in [4.78, 5) is 16.6. The van der Waals surface area contributed by atoms with Gasteiger partial charge in [0.25, 0.3) is 0 Å². The minimum absolute atomic E-state index is 0. The molecule has 0 spiro atoms. The Bertz CT molecular complexity index is 480. The lowest BCUT2D eigenvalue weighted by Gasteiger charge is -2.32. The summed E-state index contributed by atoms with van der Waals surface area (Å²) in [6.07, 6.45) is 4.14. The van der Waals surface area contributed by atoms with Gasteiger partial charge in [0, 0.05) is 39.1 Å². The van der Waals surface area contributed by atoms with Crippen molar-refractivity contribution in [2.24, 2.45) is 0 Å². The number of rotatable bonds is 6. The van der Waals surface area contributed by atoms with E-state index in [0.717, 1.165) is 44.0 Å². The first-order valence-corrected chi connectivity index (χ1v) is 7.43. The second kappa shape index (κ2) is 9.62. The van der Waals surface area contributed by atoms with Gasteiger partial charge in [-0.25, -0.2) is 0 Å². The van der Waals surface area contributed by atoms with Gasteiger partial charge in [-0.05, 0) is 30.8 Å². The molecule has 1 aliphatic heterocycles. The van der Waals surface area contributed by atoms with Crippen LogP contribution in [0.1, 0.15) is 12.0 Å². The summed E-state index contributed by atoms with van der Waals surface area (Å²) in [5.74, 6) is 1.01. The summed E-state index contributed by atoms with van der Waals surface area (Å²) < 4.78 is 5.11. The van der Waals surface area contributed by atoms with Crippen LogP contribution in [0.2, 0.25) is 0 Å². The highest BCUT2D eigenvalue weighted by Gasteiger charge is 2.13. The van der Waals surface area contributed by atoms with E-state index in [1.54, 1.807) is 13.2 Å². The van der Waals surface area contributed by atoms with Crippen LogP contribution >= 0.6 is 12.4 Å². The SMILES string of the molecule is COc1ccc(C=CC(=O)CCN2CCN(C)CC2)cc1.Cl. The average Bonchev–Trinajstić information content (AvgIpc) is 2.53. The molecule has 122 valence electrons. The molecule has 1 aliphatic rings. The predicted octanol–water partition coefficient (Wildman–Crippen LogP) is 2.34. The molecule has 22 heavy (non-hydrogen) atoms. The predicted molar refractivity (Wildman–Crippen MR) is 92.8 cm³/mol. The average molecular weight is 325 g/mol. The summed E-state index contributed by atoms with van der Waals surface area (Å²) in [5, 5.41) is 0. The number of carbonyl (C=O) groups excluding carboxylic acids is 1. The minimum atomic E-state index is 0. The van der Waals surface area contributed by atoms with Crippen LogP contribution in [-0.2, 0) is 4.79 Å². The molecule has 0 N–H and O–H groups in total. The molecule has 0 amide bonds. The van der Waals surface area contributed by atoms with Gasteiger partial charge in [-0.1, -0.05) is 18.2 Å².